The van der Waals surface area contributed by atoms with Gasteiger partial charge in [0.15, 0.2) is 0 Å². The Morgan fingerprint density at radius 3 is 0.833 bits per heavy atom. The number of rotatable bonds is 8. The highest BCUT2D eigenvalue weighted by molar-refractivity contribution is 7.74. The molecule has 0 heterocycles. The van der Waals surface area contributed by atoms with Crippen LogP contribution in [-0.4, -0.2) is 12.3 Å². The smallest absolute Gasteiger partial charge is 0.0195 e. The maximum Gasteiger partial charge on any atom is -0.0195 e. The Morgan fingerprint density at radius 2 is 0.600 bits per heavy atom. The van der Waals surface area contributed by atoms with Crippen LogP contribution in [0.1, 0.15) is 6.42 Å². The van der Waals surface area contributed by atoms with Crippen molar-refractivity contribution in [3.63, 3.8) is 0 Å². The molecule has 0 bridgehead atoms. The van der Waals surface area contributed by atoms with E-state index in [0.29, 0.717) is 0 Å². The summed E-state index contributed by atoms with van der Waals surface area (Å²) in [5.74, 6) is 0. The van der Waals surface area contributed by atoms with Crippen LogP contribution < -0.4 is 21.2 Å². The quantitative estimate of drug-likeness (QED) is 0.287. The summed E-state index contributed by atoms with van der Waals surface area (Å²) in [5.41, 5.74) is 0. The second-order valence-corrected chi connectivity index (χ2v) is 11.7. The molecule has 0 fully saturated rings. The Hall–Kier alpha value is -1.97. The lowest BCUT2D eigenvalue weighted by Gasteiger charge is -2.22. The Labute approximate surface area is 189 Å². The predicted molar refractivity (Wildman–Crippen MR) is 140 cm³/mol. The van der Waals surface area contributed by atoms with Crippen LogP contribution in [0.5, 0.6) is 0 Å². The molecule has 0 radical (unpaired) electrons. The van der Waals surface area contributed by atoms with Crippen LogP contribution in [0.2, 0.25) is 0 Å². The lowest BCUT2D eigenvalue weighted by molar-refractivity contribution is 1.11. The van der Waals surface area contributed by atoms with E-state index in [1.807, 2.05) is 0 Å². The first kappa shape index (κ1) is 22.7. The fourth-order valence-electron chi connectivity index (χ4n) is 3.63. The van der Waals surface area contributed by atoms with Crippen molar-refractivity contribution in [1.29, 1.82) is 0 Å². The molecule has 0 atom stereocenters. The molecule has 0 aliphatic rings. The SMILES string of the molecule is Cl.c1ccc(P(CCCP(c2ccccc2)c2ccccc2)c2ccccc2)cc1. The third-order valence-electron chi connectivity index (χ3n) is 5.03. The fourth-order valence-corrected chi connectivity index (χ4v) is 8.59. The first-order valence-corrected chi connectivity index (χ1v) is 13.2. The van der Waals surface area contributed by atoms with Crippen LogP contribution >= 0.6 is 28.3 Å². The van der Waals surface area contributed by atoms with Gasteiger partial charge in [-0.1, -0.05) is 121 Å². The van der Waals surface area contributed by atoms with E-state index in [-0.39, 0.29) is 28.3 Å². The third-order valence-corrected chi connectivity index (χ3v) is 10.2. The molecule has 0 aliphatic heterocycles. The minimum atomic E-state index is -0.309. The summed E-state index contributed by atoms with van der Waals surface area (Å²) >= 11 is 0. The van der Waals surface area contributed by atoms with Crippen LogP contribution in [0, 0.1) is 0 Å². The second kappa shape index (κ2) is 12.0. The predicted octanol–water partition coefficient (Wildman–Crippen LogP) is 6.06. The Morgan fingerprint density at radius 1 is 0.367 bits per heavy atom. The zero-order chi connectivity index (χ0) is 19.7. The molecule has 0 aromatic heterocycles. The van der Waals surface area contributed by atoms with E-state index in [1.165, 1.54) is 40.0 Å². The van der Waals surface area contributed by atoms with E-state index in [2.05, 4.69) is 121 Å². The zero-order valence-electron chi connectivity index (χ0n) is 17.0. The van der Waals surface area contributed by atoms with Crippen LogP contribution in [-0.2, 0) is 0 Å². The summed E-state index contributed by atoms with van der Waals surface area (Å²) in [5, 5.41) is 5.94. The molecule has 0 nitrogen and oxygen atoms in total. The third kappa shape index (κ3) is 6.02. The largest absolute Gasteiger partial charge is 0.147 e. The van der Waals surface area contributed by atoms with Gasteiger partial charge >= 0.3 is 0 Å². The van der Waals surface area contributed by atoms with Crippen LogP contribution in [0.15, 0.2) is 121 Å². The zero-order valence-corrected chi connectivity index (χ0v) is 19.6. The highest BCUT2D eigenvalue weighted by Gasteiger charge is 2.17. The van der Waals surface area contributed by atoms with E-state index in [4.69, 9.17) is 0 Å². The first-order chi connectivity index (χ1) is 14.4. The van der Waals surface area contributed by atoms with Gasteiger partial charge in [-0.3, -0.25) is 0 Å². The number of hydrogen-bond donors (Lipinski definition) is 0. The number of halogens is 1. The van der Waals surface area contributed by atoms with E-state index in [1.54, 1.807) is 0 Å². The van der Waals surface area contributed by atoms with E-state index >= 15 is 0 Å². The average Bonchev–Trinajstić information content (AvgIpc) is 2.81. The molecule has 4 aromatic carbocycles. The molecule has 4 rings (SSSR count). The maximum atomic E-state index is 2.30. The van der Waals surface area contributed by atoms with Crippen molar-refractivity contribution >= 4 is 49.5 Å². The normalized spacial score (nSPS) is 10.7. The molecule has 0 spiro atoms. The molecule has 0 aliphatic carbocycles. The molecule has 4 aromatic rings. The van der Waals surface area contributed by atoms with E-state index in [0.717, 1.165) is 0 Å². The molecule has 0 amide bonds. The van der Waals surface area contributed by atoms with E-state index < -0.39 is 0 Å². The van der Waals surface area contributed by atoms with Gasteiger partial charge in [0.05, 0.1) is 0 Å². The Bertz CT molecular complexity index is 814. The van der Waals surface area contributed by atoms with Crippen molar-refractivity contribution in [3.8, 4) is 0 Å². The molecule has 152 valence electrons. The maximum absolute atomic E-state index is 2.30. The number of hydrogen-bond acceptors (Lipinski definition) is 0. The van der Waals surface area contributed by atoms with Crippen molar-refractivity contribution in [3.05, 3.63) is 121 Å². The van der Waals surface area contributed by atoms with Crippen LogP contribution in [0.3, 0.4) is 0 Å². The average molecular weight is 449 g/mol. The summed E-state index contributed by atoms with van der Waals surface area (Å²) < 4.78 is 0. The van der Waals surface area contributed by atoms with Crippen LogP contribution in [0.4, 0.5) is 0 Å². The van der Waals surface area contributed by atoms with Gasteiger partial charge in [-0.2, -0.15) is 0 Å². The van der Waals surface area contributed by atoms with Gasteiger partial charge in [0.1, 0.15) is 0 Å². The topological polar surface area (TPSA) is 0 Å². The Kier molecular flexibility index (Phi) is 9.10. The lowest BCUT2D eigenvalue weighted by Crippen LogP contribution is -2.17. The summed E-state index contributed by atoms with van der Waals surface area (Å²) in [4.78, 5) is 0. The fraction of sp³-hybridized carbons (Fsp3) is 0.111. The molecule has 0 saturated carbocycles. The van der Waals surface area contributed by atoms with Crippen LogP contribution in [0.25, 0.3) is 0 Å². The van der Waals surface area contributed by atoms with Gasteiger partial charge in [-0.25, -0.2) is 0 Å². The highest BCUT2D eigenvalue weighted by atomic mass is 35.5. The Balaban J connectivity index is 0.00000256. The van der Waals surface area contributed by atoms with Crippen molar-refractivity contribution in [2.24, 2.45) is 0 Å². The molecular formula is C27H27ClP2. The summed E-state index contributed by atoms with van der Waals surface area (Å²) in [6, 6.07) is 44.3. The van der Waals surface area contributed by atoms with E-state index in [9.17, 15) is 0 Å². The highest BCUT2D eigenvalue weighted by Crippen LogP contribution is 2.39. The standard InChI is InChI=1S/C27H26P2.ClH/c1-5-14-24(15-6-1)28(25-16-7-2-8-17-25)22-13-23-29(26-18-9-3-10-19-26)27-20-11-4-12-21-27;/h1-12,14-21H,13,22-23H2;1H. The second-order valence-electron chi connectivity index (χ2n) is 7.00. The minimum Gasteiger partial charge on any atom is -0.147 e. The van der Waals surface area contributed by atoms with Gasteiger partial charge < -0.3 is 0 Å². The van der Waals surface area contributed by atoms with Crippen molar-refractivity contribution in [1.82, 2.24) is 0 Å². The molecular weight excluding hydrogens is 422 g/mol. The van der Waals surface area contributed by atoms with Gasteiger partial charge in [-0.05, 0) is 55.8 Å². The first-order valence-electron chi connectivity index (χ1n) is 10.2. The van der Waals surface area contributed by atoms with Crippen molar-refractivity contribution < 1.29 is 0 Å². The molecule has 30 heavy (non-hydrogen) atoms. The monoisotopic (exact) mass is 448 g/mol. The van der Waals surface area contributed by atoms with Crippen molar-refractivity contribution in [2.75, 3.05) is 12.3 Å². The van der Waals surface area contributed by atoms with Gasteiger partial charge in [0.25, 0.3) is 0 Å². The van der Waals surface area contributed by atoms with Crippen molar-refractivity contribution in [2.45, 2.75) is 6.42 Å². The molecule has 0 N–H and O–H groups in total. The summed E-state index contributed by atoms with van der Waals surface area (Å²) in [6.45, 7) is 0. The lowest BCUT2D eigenvalue weighted by atomic mass is 10.4. The van der Waals surface area contributed by atoms with Gasteiger partial charge in [0, 0.05) is 0 Å². The van der Waals surface area contributed by atoms with Gasteiger partial charge in [-0.15, -0.1) is 12.4 Å². The summed E-state index contributed by atoms with van der Waals surface area (Å²) in [6.07, 6.45) is 3.72. The van der Waals surface area contributed by atoms with Gasteiger partial charge in [0.2, 0.25) is 0 Å². The minimum absolute atomic E-state index is 0. The molecule has 0 saturated heterocycles. The molecule has 3 heteroatoms. The number of benzene rings is 4. The molecule has 0 unspecified atom stereocenters. The summed E-state index contributed by atoms with van der Waals surface area (Å²) in [7, 11) is -0.618.